The summed E-state index contributed by atoms with van der Waals surface area (Å²) >= 11 is 0. The number of ether oxygens (including phenoxy) is 1. The number of hydrogen-bond donors (Lipinski definition) is 2. The first-order valence-corrected chi connectivity index (χ1v) is 7.82. The zero-order chi connectivity index (χ0) is 13.4. The predicted molar refractivity (Wildman–Crippen MR) is 67.3 cm³/mol. The fourth-order valence-corrected chi connectivity index (χ4v) is 3.71. The number of rotatable bonds is 5. The third kappa shape index (κ3) is 3.21. The van der Waals surface area contributed by atoms with E-state index in [2.05, 4.69) is 4.72 Å². The van der Waals surface area contributed by atoms with Crippen molar-refractivity contribution < 1.29 is 18.3 Å². The summed E-state index contributed by atoms with van der Waals surface area (Å²) in [6.07, 6.45) is 1.61. The molecule has 0 spiro atoms. The lowest BCUT2D eigenvalue weighted by atomic mass is 10.1. The summed E-state index contributed by atoms with van der Waals surface area (Å²) < 4.78 is 33.8. The molecule has 1 aliphatic carbocycles. The Morgan fingerprint density at radius 3 is 2.33 bits per heavy atom. The Morgan fingerprint density at radius 2 is 1.89 bits per heavy atom. The van der Waals surface area contributed by atoms with Crippen LogP contribution in [-0.2, 0) is 14.9 Å². The first kappa shape index (κ1) is 14.2. The molecule has 0 radical (unpaired) electrons. The monoisotopic (exact) mass is 278 g/mol. The fourth-order valence-electron chi connectivity index (χ4n) is 2.23. The van der Waals surface area contributed by atoms with Gasteiger partial charge in [0.25, 0.3) is 10.2 Å². The summed E-state index contributed by atoms with van der Waals surface area (Å²) in [5, 5.41) is 9.18. The van der Waals surface area contributed by atoms with Crippen molar-refractivity contribution in [2.45, 2.75) is 38.9 Å². The topological polar surface area (TPSA) is 78.9 Å². The van der Waals surface area contributed by atoms with Gasteiger partial charge in [0.2, 0.25) is 0 Å². The largest absolute Gasteiger partial charge is 0.396 e. The van der Waals surface area contributed by atoms with Crippen molar-refractivity contribution in [1.82, 2.24) is 9.03 Å². The van der Waals surface area contributed by atoms with Crippen LogP contribution in [0.1, 0.15) is 26.7 Å². The van der Waals surface area contributed by atoms with Crippen molar-refractivity contribution in [2.24, 2.45) is 5.41 Å². The van der Waals surface area contributed by atoms with Crippen LogP contribution in [0.5, 0.6) is 0 Å². The molecule has 0 aromatic heterocycles. The van der Waals surface area contributed by atoms with Gasteiger partial charge in [0, 0.05) is 31.7 Å². The Labute approximate surface area is 108 Å². The summed E-state index contributed by atoms with van der Waals surface area (Å²) in [5.74, 6) is 0. The van der Waals surface area contributed by atoms with Crippen molar-refractivity contribution in [3.05, 3.63) is 0 Å². The van der Waals surface area contributed by atoms with Gasteiger partial charge >= 0.3 is 0 Å². The molecular weight excluding hydrogens is 256 g/mol. The maximum absolute atomic E-state index is 12.1. The van der Waals surface area contributed by atoms with Crippen LogP contribution in [0.4, 0.5) is 0 Å². The van der Waals surface area contributed by atoms with Crippen LogP contribution in [0.3, 0.4) is 0 Å². The van der Waals surface area contributed by atoms with Gasteiger partial charge in [-0.3, -0.25) is 0 Å². The molecule has 1 aliphatic heterocycles. The summed E-state index contributed by atoms with van der Waals surface area (Å²) in [6.45, 7) is 4.87. The van der Waals surface area contributed by atoms with E-state index >= 15 is 0 Å². The number of morpholine rings is 1. The lowest BCUT2D eigenvalue weighted by molar-refractivity contribution is -0.0444. The molecule has 1 saturated carbocycles. The maximum Gasteiger partial charge on any atom is 0.279 e. The summed E-state index contributed by atoms with van der Waals surface area (Å²) in [5.41, 5.74) is -0.212. The number of nitrogens with zero attached hydrogens (tertiary/aromatic N) is 1. The molecule has 2 rings (SSSR count). The molecule has 2 aliphatic rings. The van der Waals surface area contributed by atoms with E-state index in [0.29, 0.717) is 19.6 Å². The van der Waals surface area contributed by atoms with Gasteiger partial charge < -0.3 is 9.84 Å². The maximum atomic E-state index is 12.1. The first-order valence-electron chi connectivity index (χ1n) is 6.38. The normalized spacial score (nSPS) is 32.4. The number of hydrogen-bond acceptors (Lipinski definition) is 4. The minimum Gasteiger partial charge on any atom is -0.396 e. The second-order valence-electron chi connectivity index (χ2n) is 5.56. The van der Waals surface area contributed by atoms with E-state index in [1.807, 2.05) is 13.8 Å². The molecule has 1 saturated heterocycles. The highest BCUT2D eigenvalue weighted by Crippen LogP contribution is 2.44. The molecule has 7 heteroatoms. The van der Waals surface area contributed by atoms with Crippen molar-refractivity contribution in [1.29, 1.82) is 0 Å². The molecular formula is C11H22N2O4S. The van der Waals surface area contributed by atoms with E-state index in [-0.39, 0.29) is 24.2 Å². The van der Waals surface area contributed by atoms with Gasteiger partial charge in [-0.15, -0.1) is 0 Å². The van der Waals surface area contributed by atoms with Crippen LogP contribution >= 0.6 is 0 Å². The zero-order valence-corrected chi connectivity index (χ0v) is 11.7. The Bertz CT molecular complexity index is 384. The summed E-state index contributed by atoms with van der Waals surface area (Å²) in [7, 11) is -3.46. The van der Waals surface area contributed by atoms with Crippen LogP contribution in [0, 0.1) is 5.41 Å². The Hall–Kier alpha value is -0.210. The standard InChI is InChI=1S/C11H22N2O4S/c1-9-5-13(6-10(2)17-9)18(15,16)12-7-11(8-14)3-4-11/h9-10,12,14H,3-8H2,1-2H3. The second-order valence-corrected chi connectivity index (χ2v) is 7.31. The molecule has 2 unspecified atom stereocenters. The molecule has 106 valence electrons. The van der Waals surface area contributed by atoms with Crippen LogP contribution in [0.15, 0.2) is 0 Å². The van der Waals surface area contributed by atoms with Gasteiger partial charge in [-0.1, -0.05) is 0 Å². The van der Waals surface area contributed by atoms with Gasteiger partial charge in [-0.2, -0.15) is 12.7 Å². The molecule has 2 atom stereocenters. The molecule has 0 bridgehead atoms. The number of nitrogens with one attached hydrogen (secondary N) is 1. The minimum atomic E-state index is -3.46. The Kier molecular flexibility index (Phi) is 3.99. The lowest BCUT2D eigenvalue weighted by Gasteiger charge is -2.34. The Morgan fingerprint density at radius 1 is 1.33 bits per heavy atom. The first-order chi connectivity index (χ1) is 8.37. The van der Waals surface area contributed by atoms with Crippen molar-refractivity contribution in [2.75, 3.05) is 26.2 Å². The van der Waals surface area contributed by atoms with Gasteiger partial charge in [-0.05, 0) is 26.7 Å². The van der Waals surface area contributed by atoms with Crippen molar-refractivity contribution >= 4 is 10.2 Å². The van der Waals surface area contributed by atoms with Gasteiger partial charge in [0.1, 0.15) is 0 Å². The lowest BCUT2D eigenvalue weighted by Crippen LogP contribution is -2.52. The second kappa shape index (κ2) is 5.05. The highest BCUT2D eigenvalue weighted by atomic mass is 32.2. The smallest absolute Gasteiger partial charge is 0.279 e. The molecule has 1 heterocycles. The van der Waals surface area contributed by atoms with E-state index < -0.39 is 10.2 Å². The molecule has 0 amide bonds. The number of aliphatic hydroxyl groups excluding tert-OH is 1. The number of aliphatic hydroxyl groups is 1. The average Bonchev–Trinajstić information content (AvgIpc) is 3.06. The van der Waals surface area contributed by atoms with Crippen LogP contribution < -0.4 is 4.72 Å². The van der Waals surface area contributed by atoms with E-state index in [0.717, 1.165) is 12.8 Å². The minimum absolute atomic E-state index is 0.0471. The average molecular weight is 278 g/mol. The van der Waals surface area contributed by atoms with Crippen LogP contribution in [-0.4, -0.2) is 56.3 Å². The van der Waals surface area contributed by atoms with E-state index in [9.17, 15) is 13.5 Å². The summed E-state index contributed by atoms with van der Waals surface area (Å²) in [6, 6.07) is 0. The third-order valence-corrected chi connectivity index (χ3v) is 5.14. The molecule has 0 aromatic carbocycles. The Balaban J connectivity index is 1.93. The van der Waals surface area contributed by atoms with E-state index in [1.165, 1.54) is 4.31 Å². The van der Waals surface area contributed by atoms with Gasteiger partial charge in [0.05, 0.1) is 12.2 Å². The van der Waals surface area contributed by atoms with E-state index in [1.54, 1.807) is 0 Å². The predicted octanol–water partition coefficient (Wildman–Crippen LogP) is -0.297. The SMILES string of the molecule is CC1CN(S(=O)(=O)NCC2(CO)CC2)CC(C)O1. The van der Waals surface area contributed by atoms with E-state index in [4.69, 9.17) is 4.74 Å². The molecule has 0 aromatic rings. The molecule has 2 fully saturated rings. The van der Waals surface area contributed by atoms with Crippen molar-refractivity contribution in [3.63, 3.8) is 0 Å². The van der Waals surface area contributed by atoms with Crippen molar-refractivity contribution in [3.8, 4) is 0 Å². The zero-order valence-electron chi connectivity index (χ0n) is 10.9. The highest BCUT2D eigenvalue weighted by molar-refractivity contribution is 7.87. The third-order valence-electron chi connectivity index (χ3n) is 3.65. The molecule has 2 N–H and O–H groups in total. The van der Waals surface area contributed by atoms with Gasteiger partial charge in [0.15, 0.2) is 0 Å². The van der Waals surface area contributed by atoms with Gasteiger partial charge in [-0.25, -0.2) is 4.72 Å². The fraction of sp³-hybridized carbons (Fsp3) is 1.00. The molecule has 6 nitrogen and oxygen atoms in total. The van der Waals surface area contributed by atoms with Crippen LogP contribution in [0.2, 0.25) is 0 Å². The summed E-state index contributed by atoms with van der Waals surface area (Å²) in [4.78, 5) is 0. The highest BCUT2D eigenvalue weighted by Gasteiger charge is 2.43. The quantitative estimate of drug-likeness (QED) is 0.724. The van der Waals surface area contributed by atoms with Crippen LogP contribution in [0.25, 0.3) is 0 Å². The molecule has 18 heavy (non-hydrogen) atoms.